The van der Waals surface area contributed by atoms with Crippen molar-refractivity contribution in [3.05, 3.63) is 70.7 Å². The number of aromatic nitrogens is 2. The Balaban J connectivity index is 1.35. The molecule has 6 nitrogen and oxygen atoms in total. The van der Waals surface area contributed by atoms with Crippen molar-refractivity contribution in [3.8, 4) is 11.1 Å². The number of nitrogens with zero attached hydrogens (tertiary/aromatic N) is 1. The van der Waals surface area contributed by atoms with E-state index in [0.717, 1.165) is 37.7 Å². The number of nitrogens with two attached hydrogens (primary N) is 1. The molecule has 2 aromatic carbocycles. The van der Waals surface area contributed by atoms with Gasteiger partial charge < -0.3 is 16.0 Å². The number of anilines is 3. The molecule has 3 heterocycles. The molecule has 0 spiro atoms. The van der Waals surface area contributed by atoms with Gasteiger partial charge in [0.15, 0.2) is 0 Å². The zero-order valence-corrected chi connectivity index (χ0v) is 18.9. The number of aryl methyl sites for hydroxylation is 3. The molecule has 0 bridgehead atoms. The number of pyridine rings is 1. The number of hydrogen-bond donors (Lipinski definition) is 4. The molecule has 0 aliphatic carbocycles. The van der Waals surface area contributed by atoms with Crippen LogP contribution in [0.2, 0.25) is 0 Å². The highest BCUT2D eigenvalue weighted by Crippen LogP contribution is 2.40. The maximum atomic E-state index is 12.5. The molecular weight excluding hydrogens is 418 g/mol. The number of nitrogen functional groups attached to an aromatic ring is 1. The SMILES string of the molecule is Cc1cc(C)c2[nH]c(NC(=O)Nc3ccc(-c4c(C)sc5ccnc(N)c45)cc3)cc2c1. The third-order valence-corrected chi connectivity index (χ3v) is 6.63. The molecule has 3 aromatic heterocycles. The van der Waals surface area contributed by atoms with Crippen molar-refractivity contribution in [2.24, 2.45) is 0 Å². The van der Waals surface area contributed by atoms with Gasteiger partial charge >= 0.3 is 6.03 Å². The molecule has 0 aliphatic heterocycles. The zero-order valence-electron chi connectivity index (χ0n) is 18.0. The van der Waals surface area contributed by atoms with Gasteiger partial charge in [-0.05, 0) is 62.2 Å². The molecule has 32 heavy (non-hydrogen) atoms. The Hall–Kier alpha value is -3.84. The first kappa shape index (κ1) is 20.1. The molecule has 5 N–H and O–H groups in total. The summed E-state index contributed by atoms with van der Waals surface area (Å²) in [6.07, 6.45) is 1.73. The van der Waals surface area contributed by atoms with Crippen molar-refractivity contribution in [3.63, 3.8) is 0 Å². The topological polar surface area (TPSA) is 95.8 Å². The van der Waals surface area contributed by atoms with Gasteiger partial charge in [0.25, 0.3) is 0 Å². The van der Waals surface area contributed by atoms with Crippen LogP contribution in [0.1, 0.15) is 16.0 Å². The highest BCUT2D eigenvalue weighted by Gasteiger charge is 2.14. The molecule has 7 heteroatoms. The normalized spacial score (nSPS) is 11.2. The summed E-state index contributed by atoms with van der Waals surface area (Å²) < 4.78 is 1.12. The summed E-state index contributed by atoms with van der Waals surface area (Å²) in [5.74, 6) is 1.19. The van der Waals surface area contributed by atoms with Gasteiger partial charge in [0, 0.05) is 43.3 Å². The minimum Gasteiger partial charge on any atom is -0.383 e. The second kappa shape index (κ2) is 7.69. The minimum absolute atomic E-state index is 0.302. The maximum Gasteiger partial charge on any atom is 0.324 e. The number of thiophene rings is 1. The third-order valence-electron chi connectivity index (χ3n) is 5.56. The summed E-state index contributed by atoms with van der Waals surface area (Å²) in [6.45, 7) is 6.20. The molecule has 0 saturated heterocycles. The van der Waals surface area contributed by atoms with Crippen LogP contribution in [0.3, 0.4) is 0 Å². The Morgan fingerprint density at radius 1 is 1.03 bits per heavy atom. The van der Waals surface area contributed by atoms with Gasteiger partial charge in [-0.2, -0.15) is 0 Å². The Kier molecular flexibility index (Phi) is 4.83. The second-order valence-corrected chi connectivity index (χ2v) is 9.24. The van der Waals surface area contributed by atoms with Crippen LogP contribution in [0.4, 0.5) is 22.1 Å². The van der Waals surface area contributed by atoms with Crippen molar-refractivity contribution in [1.29, 1.82) is 0 Å². The highest BCUT2D eigenvalue weighted by molar-refractivity contribution is 7.19. The van der Waals surface area contributed by atoms with Crippen molar-refractivity contribution < 1.29 is 4.79 Å². The van der Waals surface area contributed by atoms with E-state index in [9.17, 15) is 4.79 Å². The van der Waals surface area contributed by atoms with E-state index in [-0.39, 0.29) is 6.03 Å². The largest absolute Gasteiger partial charge is 0.383 e. The summed E-state index contributed by atoms with van der Waals surface area (Å²) in [6, 6.07) is 15.6. The van der Waals surface area contributed by atoms with E-state index in [2.05, 4.69) is 53.5 Å². The maximum absolute atomic E-state index is 12.5. The van der Waals surface area contributed by atoms with E-state index in [1.54, 1.807) is 17.5 Å². The molecule has 2 amide bonds. The van der Waals surface area contributed by atoms with Crippen LogP contribution in [-0.2, 0) is 0 Å². The van der Waals surface area contributed by atoms with Crippen LogP contribution in [0.5, 0.6) is 0 Å². The number of benzene rings is 2. The van der Waals surface area contributed by atoms with E-state index in [1.165, 1.54) is 10.4 Å². The number of fused-ring (bicyclic) bond motifs is 2. The van der Waals surface area contributed by atoms with Crippen LogP contribution in [0.15, 0.2) is 54.7 Å². The lowest BCUT2D eigenvalue weighted by Gasteiger charge is -2.08. The Morgan fingerprint density at radius 3 is 2.59 bits per heavy atom. The zero-order chi connectivity index (χ0) is 22.4. The molecule has 5 rings (SSSR count). The van der Waals surface area contributed by atoms with Crippen molar-refractivity contribution >= 4 is 55.7 Å². The van der Waals surface area contributed by atoms with Gasteiger partial charge in [0.05, 0.1) is 0 Å². The van der Waals surface area contributed by atoms with Crippen molar-refractivity contribution in [1.82, 2.24) is 9.97 Å². The predicted molar refractivity (Wildman–Crippen MR) is 135 cm³/mol. The first-order valence-corrected chi connectivity index (χ1v) is 11.1. The number of nitrogens with one attached hydrogen (secondary N) is 3. The quantitative estimate of drug-likeness (QED) is 0.254. The Labute approximate surface area is 189 Å². The Morgan fingerprint density at radius 2 is 1.81 bits per heavy atom. The fourth-order valence-electron chi connectivity index (χ4n) is 4.22. The number of amides is 2. The summed E-state index contributed by atoms with van der Waals surface area (Å²) in [7, 11) is 0. The van der Waals surface area contributed by atoms with Crippen molar-refractivity contribution in [2.75, 3.05) is 16.4 Å². The lowest BCUT2D eigenvalue weighted by atomic mass is 10.0. The lowest BCUT2D eigenvalue weighted by molar-refractivity contribution is 0.262. The summed E-state index contributed by atoms with van der Waals surface area (Å²) in [5.41, 5.74) is 12.4. The second-order valence-electron chi connectivity index (χ2n) is 7.99. The molecule has 0 radical (unpaired) electrons. The summed E-state index contributed by atoms with van der Waals surface area (Å²) in [5, 5.41) is 7.83. The summed E-state index contributed by atoms with van der Waals surface area (Å²) in [4.78, 5) is 21.2. The number of aromatic amines is 1. The van der Waals surface area contributed by atoms with Gasteiger partial charge in [0.1, 0.15) is 11.6 Å². The van der Waals surface area contributed by atoms with Crippen LogP contribution < -0.4 is 16.4 Å². The van der Waals surface area contributed by atoms with Crippen LogP contribution in [-0.4, -0.2) is 16.0 Å². The van der Waals surface area contributed by atoms with E-state index < -0.39 is 0 Å². The number of rotatable bonds is 3. The highest BCUT2D eigenvalue weighted by atomic mass is 32.1. The molecule has 0 unspecified atom stereocenters. The average Bonchev–Trinajstić information content (AvgIpc) is 3.29. The average molecular weight is 442 g/mol. The molecular formula is C25H23N5OS. The minimum atomic E-state index is -0.302. The first-order chi connectivity index (χ1) is 15.4. The van der Waals surface area contributed by atoms with Gasteiger partial charge in [0.2, 0.25) is 0 Å². The number of urea groups is 1. The van der Waals surface area contributed by atoms with Crippen LogP contribution in [0.25, 0.3) is 32.1 Å². The summed E-state index contributed by atoms with van der Waals surface area (Å²) >= 11 is 1.70. The smallest absolute Gasteiger partial charge is 0.324 e. The molecule has 5 aromatic rings. The predicted octanol–water partition coefficient (Wildman–Crippen LogP) is 6.60. The van der Waals surface area contributed by atoms with E-state index in [4.69, 9.17) is 5.73 Å². The van der Waals surface area contributed by atoms with Crippen LogP contribution >= 0.6 is 11.3 Å². The number of carbonyl (C=O) groups is 1. The monoisotopic (exact) mass is 441 g/mol. The number of H-pyrrole nitrogens is 1. The van der Waals surface area contributed by atoms with Gasteiger partial charge in [-0.1, -0.05) is 23.8 Å². The van der Waals surface area contributed by atoms with Gasteiger partial charge in [-0.25, -0.2) is 9.78 Å². The lowest BCUT2D eigenvalue weighted by Crippen LogP contribution is -2.19. The molecule has 0 atom stereocenters. The molecule has 0 aliphatic rings. The van der Waals surface area contributed by atoms with Gasteiger partial charge in [-0.3, -0.25) is 5.32 Å². The fourth-order valence-corrected chi connectivity index (χ4v) is 5.31. The van der Waals surface area contributed by atoms with Gasteiger partial charge in [-0.15, -0.1) is 11.3 Å². The number of hydrogen-bond acceptors (Lipinski definition) is 4. The van der Waals surface area contributed by atoms with E-state index >= 15 is 0 Å². The van der Waals surface area contributed by atoms with Crippen LogP contribution in [0, 0.1) is 20.8 Å². The molecule has 0 saturated carbocycles. The number of carbonyl (C=O) groups excluding carboxylic acids is 1. The van der Waals surface area contributed by atoms with E-state index in [1.807, 2.05) is 36.4 Å². The Bertz CT molecular complexity index is 1480. The standard InChI is InChI=1S/C25H23N5OS/c1-13-10-14(2)23-17(11-13)12-20(29-23)30-25(31)28-18-6-4-16(5-7-18)21-15(3)32-19-8-9-27-24(26)22(19)21/h4-12,29H,1-3H3,(H2,26,27)(H2,28,30,31). The third kappa shape index (κ3) is 3.56. The van der Waals surface area contributed by atoms with Crippen molar-refractivity contribution in [2.45, 2.75) is 20.8 Å². The molecule has 0 fully saturated rings. The van der Waals surface area contributed by atoms with E-state index in [0.29, 0.717) is 17.3 Å². The first-order valence-electron chi connectivity index (χ1n) is 10.3. The molecule has 160 valence electrons. The fraction of sp³-hybridized carbons (Fsp3) is 0.120.